The van der Waals surface area contributed by atoms with Crippen molar-refractivity contribution in [3.05, 3.63) is 62.9 Å². The lowest BCUT2D eigenvalue weighted by Crippen LogP contribution is -2.23. The number of carbonyl (C=O) groups is 1. The first-order valence-corrected chi connectivity index (χ1v) is 7.58. The SMILES string of the molecule is Cc1ccc(OCC#CCNC(=O)c2ccc(Cl)c([N+](=O)[O-])c2)cn1. The van der Waals surface area contributed by atoms with Gasteiger partial charge in [0.2, 0.25) is 0 Å². The first kappa shape index (κ1) is 18.2. The van der Waals surface area contributed by atoms with Crippen molar-refractivity contribution in [2.45, 2.75) is 6.92 Å². The number of aromatic nitrogens is 1. The molecule has 0 aliphatic carbocycles. The van der Waals surface area contributed by atoms with E-state index >= 15 is 0 Å². The molecule has 0 bridgehead atoms. The summed E-state index contributed by atoms with van der Waals surface area (Å²) in [5, 5.41) is 13.3. The summed E-state index contributed by atoms with van der Waals surface area (Å²) in [4.78, 5) is 26.2. The molecule has 1 aromatic heterocycles. The van der Waals surface area contributed by atoms with Crippen LogP contribution in [-0.2, 0) is 0 Å². The maximum atomic E-state index is 11.9. The lowest BCUT2D eigenvalue weighted by molar-refractivity contribution is -0.384. The average molecular weight is 360 g/mol. The number of nitro groups is 1. The number of ether oxygens (including phenoxy) is 1. The smallest absolute Gasteiger partial charge is 0.288 e. The van der Waals surface area contributed by atoms with Gasteiger partial charge in [0.1, 0.15) is 17.4 Å². The fourth-order valence-electron chi connectivity index (χ4n) is 1.79. The number of halogens is 1. The molecular weight excluding hydrogens is 346 g/mol. The lowest BCUT2D eigenvalue weighted by atomic mass is 10.2. The first-order chi connectivity index (χ1) is 12.0. The van der Waals surface area contributed by atoms with Crippen molar-refractivity contribution in [3.8, 4) is 17.6 Å². The van der Waals surface area contributed by atoms with Gasteiger partial charge in [-0.3, -0.25) is 19.9 Å². The summed E-state index contributed by atoms with van der Waals surface area (Å²) in [5.41, 5.74) is 0.712. The summed E-state index contributed by atoms with van der Waals surface area (Å²) in [7, 11) is 0. The Kier molecular flexibility index (Phi) is 6.32. The van der Waals surface area contributed by atoms with Gasteiger partial charge in [0.05, 0.1) is 17.7 Å². The van der Waals surface area contributed by atoms with E-state index in [0.717, 1.165) is 11.8 Å². The molecule has 0 saturated heterocycles. The second kappa shape index (κ2) is 8.66. The van der Waals surface area contributed by atoms with Crippen LogP contribution in [0.25, 0.3) is 0 Å². The zero-order valence-electron chi connectivity index (χ0n) is 13.3. The topological polar surface area (TPSA) is 94.4 Å². The lowest BCUT2D eigenvalue weighted by Gasteiger charge is -2.02. The molecule has 7 nitrogen and oxygen atoms in total. The monoisotopic (exact) mass is 359 g/mol. The van der Waals surface area contributed by atoms with E-state index in [1.54, 1.807) is 12.3 Å². The number of aryl methyl sites for hydroxylation is 1. The molecule has 0 radical (unpaired) electrons. The van der Waals surface area contributed by atoms with E-state index in [1.807, 2.05) is 13.0 Å². The van der Waals surface area contributed by atoms with Crippen LogP contribution >= 0.6 is 11.6 Å². The second-order valence-electron chi connectivity index (χ2n) is 4.88. The fraction of sp³-hybridized carbons (Fsp3) is 0.176. The van der Waals surface area contributed by atoms with Crippen LogP contribution in [-0.4, -0.2) is 29.0 Å². The van der Waals surface area contributed by atoms with Gasteiger partial charge in [-0.2, -0.15) is 0 Å². The Balaban J connectivity index is 1.82. The number of rotatable bonds is 5. The minimum atomic E-state index is -0.643. The average Bonchev–Trinajstić information content (AvgIpc) is 2.59. The predicted molar refractivity (Wildman–Crippen MR) is 92.7 cm³/mol. The van der Waals surface area contributed by atoms with E-state index < -0.39 is 10.8 Å². The number of nitro benzene ring substituents is 1. The molecule has 2 aromatic rings. The van der Waals surface area contributed by atoms with E-state index in [2.05, 4.69) is 22.1 Å². The first-order valence-electron chi connectivity index (χ1n) is 7.20. The number of hydrogen-bond acceptors (Lipinski definition) is 5. The Bertz CT molecular complexity index is 841. The number of amides is 1. The van der Waals surface area contributed by atoms with Crippen LogP contribution in [0.5, 0.6) is 5.75 Å². The molecule has 25 heavy (non-hydrogen) atoms. The molecule has 1 aromatic carbocycles. The van der Waals surface area contributed by atoms with E-state index in [4.69, 9.17) is 16.3 Å². The van der Waals surface area contributed by atoms with Crippen LogP contribution in [0.4, 0.5) is 5.69 Å². The highest BCUT2D eigenvalue weighted by Crippen LogP contribution is 2.24. The highest BCUT2D eigenvalue weighted by Gasteiger charge is 2.15. The van der Waals surface area contributed by atoms with Gasteiger partial charge in [0.15, 0.2) is 0 Å². The maximum Gasteiger partial charge on any atom is 0.288 e. The summed E-state index contributed by atoms with van der Waals surface area (Å²) >= 11 is 5.70. The van der Waals surface area contributed by atoms with Gasteiger partial charge in [-0.05, 0) is 31.2 Å². The van der Waals surface area contributed by atoms with Crippen LogP contribution in [0.15, 0.2) is 36.5 Å². The Hall–Kier alpha value is -3.11. The van der Waals surface area contributed by atoms with Crippen molar-refractivity contribution in [1.82, 2.24) is 10.3 Å². The zero-order chi connectivity index (χ0) is 18.2. The third-order valence-electron chi connectivity index (χ3n) is 3.06. The van der Waals surface area contributed by atoms with Crippen molar-refractivity contribution in [2.75, 3.05) is 13.2 Å². The highest BCUT2D eigenvalue weighted by molar-refractivity contribution is 6.32. The molecule has 0 spiro atoms. The number of carbonyl (C=O) groups excluding carboxylic acids is 1. The number of benzene rings is 1. The zero-order valence-corrected chi connectivity index (χ0v) is 14.0. The predicted octanol–water partition coefficient (Wildman–Crippen LogP) is 2.76. The van der Waals surface area contributed by atoms with Gasteiger partial charge < -0.3 is 10.1 Å². The molecule has 0 aliphatic heterocycles. The Labute approximate surface area is 149 Å². The third kappa shape index (κ3) is 5.48. The van der Waals surface area contributed by atoms with Crippen LogP contribution in [0.2, 0.25) is 5.02 Å². The molecule has 8 heteroatoms. The molecule has 0 fully saturated rings. The van der Waals surface area contributed by atoms with Crippen LogP contribution in [0.3, 0.4) is 0 Å². The van der Waals surface area contributed by atoms with Crippen molar-refractivity contribution >= 4 is 23.2 Å². The maximum absolute atomic E-state index is 11.9. The van der Waals surface area contributed by atoms with Crippen molar-refractivity contribution < 1.29 is 14.5 Å². The minimum Gasteiger partial charge on any atom is -0.479 e. The molecule has 0 saturated carbocycles. The molecule has 2 rings (SSSR count). The van der Waals surface area contributed by atoms with Crippen molar-refractivity contribution in [3.63, 3.8) is 0 Å². The van der Waals surface area contributed by atoms with Gasteiger partial charge in [-0.25, -0.2) is 0 Å². The summed E-state index contributed by atoms with van der Waals surface area (Å²) in [6, 6.07) is 7.46. The van der Waals surface area contributed by atoms with E-state index in [9.17, 15) is 14.9 Å². The molecule has 1 amide bonds. The largest absolute Gasteiger partial charge is 0.479 e. The van der Waals surface area contributed by atoms with Crippen LogP contribution in [0, 0.1) is 28.9 Å². The molecule has 0 unspecified atom stereocenters. The van der Waals surface area contributed by atoms with E-state index in [0.29, 0.717) is 5.75 Å². The van der Waals surface area contributed by atoms with Gasteiger partial charge in [0.25, 0.3) is 11.6 Å². The second-order valence-corrected chi connectivity index (χ2v) is 5.29. The molecular formula is C17H14ClN3O4. The Morgan fingerprint density at radius 1 is 1.36 bits per heavy atom. The third-order valence-corrected chi connectivity index (χ3v) is 3.38. The minimum absolute atomic E-state index is 0.0240. The molecule has 1 heterocycles. The number of hydrogen-bond donors (Lipinski definition) is 1. The number of nitrogens with zero attached hydrogens (tertiary/aromatic N) is 2. The Morgan fingerprint density at radius 2 is 2.16 bits per heavy atom. The van der Waals surface area contributed by atoms with E-state index in [1.165, 1.54) is 12.1 Å². The van der Waals surface area contributed by atoms with E-state index in [-0.39, 0.29) is 29.4 Å². The fourth-order valence-corrected chi connectivity index (χ4v) is 1.98. The van der Waals surface area contributed by atoms with Gasteiger partial charge in [-0.1, -0.05) is 23.4 Å². The molecule has 128 valence electrons. The molecule has 1 N–H and O–H groups in total. The number of pyridine rings is 1. The van der Waals surface area contributed by atoms with Crippen molar-refractivity contribution in [1.29, 1.82) is 0 Å². The number of nitrogens with one attached hydrogen (secondary N) is 1. The standard InChI is InChI=1S/C17H14ClN3O4/c1-12-4-6-14(11-20-12)25-9-3-2-8-19-17(22)13-5-7-15(18)16(10-13)21(23)24/h4-7,10-11H,8-9H2,1H3,(H,19,22). The van der Waals surface area contributed by atoms with Gasteiger partial charge >= 0.3 is 0 Å². The molecule has 0 aliphatic rings. The summed E-state index contributed by atoms with van der Waals surface area (Å²) < 4.78 is 5.37. The highest BCUT2D eigenvalue weighted by atomic mass is 35.5. The Morgan fingerprint density at radius 3 is 2.84 bits per heavy atom. The summed E-state index contributed by atoms with van der Waals surface area (Å²) in [6.45, 7) is 2.12. The van der Waals surface area contributed by atoms with Crippen LogP contribution in [0.1, 0.15) is 16.1 Å². The van der Waals surface area contributed by atoms with Crippen molar-refractivity contribution in [2.24, 2.45) is 0 Å². The van der Waals surface area contributed by atoms with Crippen LogP contribution < -0.4 is 10.1 Å². The van der Waals surface area contributed by atoms with Gasteiger partial charge in [0, 0.05) is 17.3 Å². The molecule has 0 atom stereocenters. The summed E-state index contributed by atoms with van der Waals surface area (Å²) in [6.07, 6.45) is 1.60. The summed E-state index contributed by atoms with van der Waals surface area (Å²) in [5.74, 6) is 5.61. The van der Waals surface area contributed by atoms with Gasteiger partial charge in [-0.15, -0.1) is 0 Å². The quantitative estimate of drug-likeness (QED) is 0.503. The normalized spacial score (nSPS) is 9.68.